The van der Waals surface area contributed by atoms with Crippen LogP contribution in [0.2, 0.25) is 0 Å². The number of piperidine rings is 1. The quantitative estimate of drug-likeness (QED) is 0.716. The summed E-state index contributed by atoms with van der Waals surface area (Å²) < 4.78 is 4.74. The summed E-state index contributed by atoms with van der Waals surface area (Å²) in [5.41, 5.74) is 0. The number of hydrogen-bond acceptors (Lipinski definition) is 4. The first-order chi connectivity index (χ1) is 7.72. The molecular formula is C12H22N2O2. The molecule has 2 aliphatic rings. The molecule has 0 aromatic carbocycles. The lowest BCUT2D eigenvalue weighted by Gasteiger charge is -2.40. The smallest absolute Gasteiger partial charge is 0.307 e. The minimum absolute atomic E-state index is 0.0967. The van der Waals surface area contributed by atoms with Crippen molar-refractivity contribution in [1.82, 2.24) is 10.2 Å². The second-order valence-electron chi connectivity index (χ2n) is 5.00. The van der Waals surface area contributed by atoms with Gasteiger partial charge in [-0.1, -0.05) is 0 Å². The molecule has 16 heavy (non-hydrogen) atoms. The zero-order chi connectivity index (χ0) is 11.5. The minimum Gasteiger partial charge on any atom is -0.469 e. The summed E-state index contributed by atoms with van der Waals surface area (Å²) in [5.74, 6) is 0.689. The van der Waals surface area contributed by atoms with Gasteiger partial charge in [0.25, 0.3) is 0 Å². The molecule has 0 amide bonds. The van der Waals surface area contributed by atoms with E-state index in [-0.39, 0.29) is 5.97 Å². The highest BCUT2D eigenvalue weighted by molar-refractivity contribution is 5.69. The molecule has 4 nitrogen and oxygen atoms in total. The molecule has 0 aliphatic carbocycles. The van der Waals surface area contributed by atoms with Crippen LogP contribution in [-0.2, 0) is 9.53 Å². The fraction of sp³-hybridized carbons (Fsp3) is 0.917. The topological polar surface area (TPSA) is 41.6 Å². The Balaban J connectivity index is 1.94. The van der Waals surface area contributed by atoms with Gasteiger partial charge >= 0.3 is 5.97 Å². The van der Waals surface area contributed by atoms with E-state index in [9.17, 15) is 4.79 Å². The van der Waals surface area contributed by atoms with E-state index in [0.717, 1.165) is 25.6 Å². The van der Waals surface area contributed by atoms with E-state index in [1.54, 1.807) is 0 Å². The van der Waals surface area contributed by atoms with Gasteiger partial charge in [-0.05, 0) is 38.8 Å². The second-order valence-corrected chi connectivity index (χ2v) is 5.00. The summed E-state index contributed by atoms with van der Waals surface area (Å²) in [7, 11) is 1.46. The SMILES string of the molecule is COC(=O)CC(C)N1CCCC2CNCC21. The lowest BCUT2D eigenvalue weighted by molar-refractivity contribution is -0.142. The van der Waals surface area contributed by atoms with Crippen molar-refractivity contribution in [2.45, 2.75) is 38.3 Å². The van der Waals surface area contributed by atoms with Gasteiger partial charge in [-0.25, -0.2) is 0 Å². The Hall–Kier alpha value is -0.610. The average molecular weight is 226 g/mol. The molecule has 3 atom stereocenters. The number of carbonyl (C=O) groups excluding carboxylic acids is 1. The first-order valence-corrected chi connectivity index (χ1v) is 6.25. The molecular weight excluding hydrogens is 204 g/mol. The predicted molar refractivity (Wildman–Crippen MR) is 62.2 cm³/mol. The summed E-state index contributed by atoms with van der Waals surface area (Å²) in [6.45, 7) is 5.49. The second kappa shape index (κ2) is 5.15. The standard InChI is InChI=1S/C12H22N2O2/c1-9(6-12(15)16-2)14-5-3-4-10-7-13-8-11(10)14/h9-11,13H,3-8H2,1-2H3. The molecule has 3 unspecified atom stereocenters. The van der Waals surface area contributed by atoms with E-state index in [4.69, 9.17) is 4.74 Å². The molecule has 92 valence electrons. The van der Waals surface area contributed by atoms with Crippen LogP contribution in [-0.4, -0.2) is 49.7 Å². The van der Waals surface area contributed by atoms with Crippen LogP contribution in [0.4, 0.5) is 0 Å². The van der Waals surface area contributed by atoms with E-state index in [1.807, 2.05) is 0 Å². The minimum atomic E-state index is -0.0967. The maximum atomic E-state index is 11.3. The van der Waals surface area contributed by atoms with Crippen molar-refractivity contribution < 1.29 is 9.53 Å². The summed E-state index contributed by atoms with van der Waals surface area (Å²) in [4.78, 5) is 13.8. The Kier molecular flexibility index (Phi) is 3.82. The van der Waals surface area contributed by atoms with Crippen LogP contribution >= 0.6 is 0 Å². The number of carbonyl (C=O) groups is 1. The van der Waals surface area contributed by atoms with Crippen molar-refractivity contribution in [3.63, 3.8) is 0 Å². The summed E-state index contributed by atoms with van der Waals surface area (Å²) >= 11 is 0. The zero-order valence-corrected chi connectivity index (χ0v) is 10.2. The number of rotatable bonds is 3. The van der Waals surface area contributed by atoms with Crippen molar-refractivity contribution in [1.29, 1.82) is 0 Å². The number of hydrogen-bond donors (Lipinski definition) is 1. The van der Waals surface area contributed by atoms with Gasteiger partial charge in [-0.3, -0.25) is 9.69 Å². The molecule has 1 N–H and O–H groups in total. The molecule has 0 spiro atoms. The fourth-order valence-corrected chi connectivity index (χ4v) is 3.09. The van der Waals surface area contributed by atoms with E-state index in [2.05, 4.69) is 17.1 Å². The molecule has 0 bridgehead atoms. The molecule has 0 radical (unpaired) electrons. The first-order valence-electron chi connectivity index (χ1n) is 6.25. The number of nitrogens with zero attached hydrogens (tertiary/aromatic N) is 1. The predicted octanol–water partition coefficient (Wildman–Crippen LogP) is 0.622. The van der Waals surface area contributed by atoms with Gasteiger partial charge in [-0.15, -0.1) is 0 Å². The number of fused-ring (bicyclic) bond motifs is 1. The van der Waals surface area contributed by atoms with Gasteiger partial charge in [0.15, 0.2) is 0 Å². The van der Waals surface area contributed by atoms with E-state index >= 15 is 0 Å². The highest BCUT2D eigenvalue weighted by atomic mass is 16.5. The van der Waals surface area contributed by atoms with Gasteiger partial charge in [0, 0.05) is 18.6 Å². The Morgan fingerprint density at radius 2 is 2.38 bits per heavy atom. The Labute approximate surface area is 97.3 Å². The number of methoxy groups -OCH3 is 1. The molecule has 0 saturated carbocycles. The summed E-state index contributed by atoms with van der Waals surface area (Å²) in [5, 5.41) is 3.46. The van der Waals surface area contributed by atoms with Gasteiger partial charge < -0.3 is 10.1 Å². The number of nitrogens with one attached hydrogen (secondary N) is 1. The van der Waals surface area contributed by atoms with Gasteiger partial charge in [-0.2, -0.15) is 0 Å². The summed E-state index contributed by atoms with van der Waals surface area (Å²) in [6, 6.07) is 0.938. The van der Waals surface area contributed by atoms with E-state index in [0.29, 0.717) is 18.5 Å². The molecule has 2 aliphatic heterocycles. The van der Waals surface area contributed by atoms with Crippen molar-refractivity contribution >= 4 is 5.97 Å². The number of esters is 1. The van der Waals surface area contributed by atoms with Crippen LogP contribution in [0.15, 0.2) is 0 Å². The van der Waals surface area contributed by atoms with E-state index < -0.39 is 0 Å². The lowest BCUT2D eigenvalue weighted by Crippen LogP contribution is -2.50. The summed E-state index contributed by atoms with van der Waals surface area (Å²) in [6.07, 6.45) is 3.10. The molecule has 0 aromatic heterocycles. The number of likely N-dealkylation sites (tertiary alicyclic amines) is 1. The van der Waals surface area contributed by atoms with Crippen molar-refractivity contribution in [2.75, 3.05) is 26.7 Å². The van der Waals surface area contributed by atoms with Crippen LogP contribution in [0.5, 0.6) is 0 Å². The first kappa shape index (κ1) is 11.9. The fourth-order valence-electron chi connectivity index (χ4n) is 3.09. The Morgan fingerprint density at radius 1 is 1.56 bits per heavy atom. The van der Waals surface area contributed by atoms with Crippen molar-refractivity contribution in [3.8, 4) is 0 Å². The van der Waals surface area contributed by atoms with Crippen molar-refractivity contribution in [3.05, 3.63) is 0 Å². The Morgan fingerprint density at radius 3 is 3.12 bits per heavy atom. The van der Waals surface area contributed by atoms with Crippen LogP contribution in [0.3, 0.4) is 0 Å². The third-order valence-corrected chi connectivity index (χ3v) is 3.98. The molecule has 2 saturated heterocycles. The third-order valence-electron chi connectivity index (χ3n) is 3.98. The van der Waals surface area contributed by atoms with Gasteiger partial charge in [0.2, 0.25) is 0 Å². The molecule has 2 fully saturated rings. The largest absolute Gasteiger partial charge is 0.469 e. The van der Waals surface area contributed by atoms with Crippen LogP contribution in [0.25, 0.3) is 0 Å². The monoisotopic (exact) mass is 226 g/mol. The van der Waals surface area contributed by atoms with Crippen molar-refractivity contribution in [2.24, 2.45) is 5.92 Å². The molecule has 2 rings (SSSR count). The maximum absolute atomic E-state index is 11.3. The Bertz CT molecular complexity index is 257. The van der Waals surface area contributed by atoms with Gasteiger partial charge in [0.05, 0.1) is 13.5 Å². The average Bonchev–Trinajstić information content (AvgIpc) is 2.76. The molecule has 2 heterocycles. The highest BCUT2D eigenvalue weighted by Gasteiger charge is 2.37. The molecule has 4 heteroatoms. The zero-order valence-electron chi connectivity index (χ0n) is 10.2. The number of ether oxygens (including phenoxy) is 1. The maximum Gasteiger partial charge on any atom is 0.307 e. The lowest BCUT2D eigenvalue weighted by atomic mass is 9.90. The van der Waals surface area contributed by atoms with Crippen LogP contribution in [0.1, 0.15) is 26.2 Å². The van der Waals surface area contributed by atoms with E-state index in [1.165, 1.54) is 20.0 Å². The van der Waals surface area contributed by atoms with Crippen LogP contribution in [0, 0.1) is 5.92 Å². The molecule has 0 aromatic rings. The third kappa shape index (κ3) is 2.38. The highest BCUT2D eigenvalue weighted by Crippen LogP contribution is 2.28. The van der Waals surface area contributed by atoms with Gasteiger partial charge in [0.1, 0.15) is 0 Å². The van der Waals surface area contributed by atoms with Crippen LogP contribution < -0.4 is 5.32 Å². The normalized spacial score (nSPS) is 32.1.